The molecule has 2 rings (SSSR count). The molecule has 1 saturated heterocycles. The topological polar surface area (TPSA) is 70.7 Å². The van der Waals surface area contributed by atoms with Crippen LogP contribution >= 0.6 is 0 Å². The molecule has 0 bridgehead atoms. The van der Waals surface area contributed by atoms with Crippen molar-refractivity contribution in [1.82, 2.24) is 4.90 Å². The lowest BCUT2D eigenvalue weighted by atomic mass is 10.1. The first-order valence-corrected chi connectivity index (χ1v) is 7.62. The van der Waals surface area contributed by atoms with E-state index in [9.17, 15) is 4.79 Å². The van der Waals surface area contributed by atoms with Crippen LogP contribution in [0.2, 0.25) is 0 Å². The van der Waals surface area contributed by atoms with Gasteiger partial charge >= 0.3 is 0 Å². The number of hydrogen-bond acceptors (Lipinski definition) is 2. The van der Waals surface area contributed by atoms with Crippen molar-refractivity contribution >= 4 is 17.6 Å². The monoisotopic (exact) mass is 288 g/mol. The lowest BCUT2D eigenvalue weighted by Crippen LogP contribution is -2.27. The number of aryl methyl sites for hydroxylation is 1. The standard InChI is InChI=1S/C16H24N4O/c1-2-13-6-3-7-14(12-13)19-16(17)18-9-5-11-20-10-4-8-15(20)21/h3,6-7,12H,2,4-5,8-11H2,1H3,(H3,17,18,19). The lowest BCUT2D eigenvalue weighted by molar-refractivity contribution is -0.127. The van der Waals surface area contributed by atoms with Gasteiger partial charge in [0.05, 0.1) is 0 Å². The highest BCUT2D eigenvalue weighted by Crippen LogP contribution is 2.11. The average molecular weight is 288 g/mol. The fourth-order valence-electron chi connectivity index (χ4n) is 2.46. The Bertz CT molecular complexity index is 513. The highest BCUT2D eigenvalue weighted by atomic mass is 16.2. The van der Waals surface area contributed by atoms with Crippen molar-refractivity contribution in [3.63, 3.8) is 0 Å². The number of hydrogen-bond donors (Lipinski definition) is 2. The summed E-state index contributed by atoms with van der Waals surface area (Å²) < 4.78 is 0. The molecule has 0 unspecified atom stereocenters. The van der Waals surface area contributed by atoms with Crippen LogP contribution in [-0.4, -0.2) is 36.4 Å². The van der Waals surface area contributed by atoms with Gasteiger partial charge in [0.2, 0.25) is 5.91 Å². The molecular formula is C16H24N4O. The van der Waals surface area contributed by atoms with E-state index in [2.05, 4.69) is 29.4 Å². The SMILES string of the molecule is CCc1cccc(NC(N)=NCCCN2CCCC2=O)c1. The molecule has 5 heteroatoms. The maximum absolute atomic E-state index is 11.5. The number of likely N-dealkylation sites (tertiary alicyclic amines) is 1. The first-order chi connectivity index (χ1) is 10.2. The first-order valence-electron chi connectivity index (χ1n) is 7.62. The second-order valence-electron chi connectivity index (χ2n) is 5.28. The van der Waals surface area contributed by atoms with Crippen molar-refractivity contribution in [2.45, 2.75) is 32.6 Å². The minimum absolute atomic E-state index is 0.265. The molecule has 0 atom stereocenters. The second kappa shape index (κ2) is 7.67. The van der Waals surface area contributed by atoms with Crippen LogP contribution in [0.5, 0.6) is 0 Å². The van der Waals surface area contributed by atoms with E-state index in [1.54, 1.807) is 0 Å². The average Bonchev–Trinajstić information content (AvgIpc) is 2.89. The predicted octanol–water partition coefficient (Wildman–Crippen LogP) is 1.99. The Balaban J connectivity index is 1.74. The molecule has 0 spiro atoms. The van der Waals surface area contributed by atoms with Crippen molar-refractivity contribution < 1.29 is 4.79 Å². The van der Waals surface area contributed by atoms with Crippen LogP contribution < -0.4 is 11.1 Å². The molecule has 5 nitrogen and oxygen atoms in total. The van der Waals surface area contributed by atoms with E-state index in [1.165, 1.54) is 5.56 Å². The van der Waals surface area contributed by atoms with Crippen molar-refractivity contribution in [3.8, 4) is 0 Å². The minimum Gasteiger partial charge on any atom is -0.370 e. The van der Waals surface area contributed by atoms with Crippen LogP contribution in [0.4, 0.5) is 5.69 Å². The van der Waals surface area contributed by atoms with E-state index in [0.29, 0.717) is 18.9 Å². The molecule has 1 aliphatic heterocycles. The summed E-state index contributed by atoms with van der Waals surface area (Å²) in [7, 11) is 0. The van der Waals surface area contributed by atoms with Crippen LogP contribution in [0.25, 0.3) is 0 Å². The number of nitrogens with zero attached hydrogens (tertiary/aromatic N) is 2. The van der Waals surface area contributed by atoms with Gasteiger partial charge in [0, 0.05) is 31.7 Å². The van der Waals surface area contributed by atoms with E-state index in [-0.39, 0.29) is 5.91 Å². The first kappa shape index (κ1) is 15.4. The zero-order chi connectivity index (χ0) is 15.1. The predicted molar refractivity (Wildman–Crippen MR) is 86.4 cm³/mol. The number of rotatable bonds is 6. The van der Waals surface area contributed by atoms with Gasteiger partial charge in [0.25, 0.3) is 0 Å². The van der Waals surface area contributed by atoms with Gasteiger partial charge in [-0.15, -0.1) is 0 Å². The molecule has 1 aliphatic rings. The minimum atomic E-state index is 0.265. The zero-order valence-electron chi connectivity index (χ0n) is 12.6. The fourth-order valence-corrected chi connectivity index (χ4v) is 2.46. The molecule has 1 amide bonds. The molecular weight excluding hydrogens is 264 g/mol. The Kier molecular flexibility index (Phi) is 5.60. The molecule has 0 saturated carbocycles. The van der Waals surface area contributed by atoms with Gasteiger partial charge in [-0.1, -0.05) is 19.1 Å². The normalized spacial score (nSPS) is 15.6. The van der Waals surface area contributed by atoms with Crippen molar-refractivity contribution in [2.24, 2.45) is 10.7 Å². The fraction of sp³-hybridized carbons (Fsp3) is 0.500. The number of benzene rings is 1. The number of carbonyl (C=O) groups is 1. The number of anilines is 1. The van der Waals surface area contributed by atoms with E-state index in [0.717, 1.165) is 38.0 Å². The number of amides is 1. The van der Waals surface area contributed by atoms with Gasteiger partial charge in [-0.25, -0.2) is 0 Å². The molecule has 21 heavy (non-hydrogen) atoms. The third kappa shape index (κ3) is 4.77. The number of guanidine groups is 1. The largest absolute Gasteiger partial charge is 0.370 e. The quantitative estimate of drug-likeness (QED) is 0.478. The maximum atomic E-state index is 11.5. The number of nitrogens with one attached hydrogen (secondary N) is 1. The number of aliphatic imine (C=N–C) groups is 1. The van der Waals surface area contributed by atoms with Crippen molar-refractivity contribution in [2.75, 3.05) is 25.0 Å². The van der Waals surface area contributed by atoms with Crippen molar-refractivity contribution in [1.29, 1.82) is 0 Å². The zero-order valence-corrected chi connectivity index (χ0v) is 12.6. The van der Waals surface area contributed by atoms with Gasteiger partial charge in [0.1, 0.15) is 0 Å². The molecule has 114 valence electrons. The third-order valence-corrected chi connectivity index (χ3v) is 3.65. The smallest absolute Gasteiger partial charge is 0.222 e. The molecule has 1 heterocycles. The summed E-state index contributed by atoms with van der Waals surface area (Å²) in [4.78, 5) is 17.7. The second-order valence-corrected chi connectivity index (χ2v) is 5.28. The van der Waals surface area contributed by atoms with Gasteiger partial charge in [-0.2, -0.15) is 0 Å². The molecule has 0 aromatic heterocycles. The van der Waals surface area contributed by atoms with E-state index >= 15 is 0 Å². The summed E-state index contributed by atoms with van der Waals surface area (Å²) >= 11 is 0. The summed E-state index contributed by atoms with van der Waals surface area (Å²) in [5.74, 6) is 0.692. The molecule has 0 aliphatic carbocycles. The summed E-state index contributed by atoms with van der Waals surface area (Å²) in [6.45, 7) is 4.42. The van der Waals surface area contributed by atoms with Gasteiger partial charge in [-0.05, 0) is 37.0 Å². The van der Waals surface area contributed by atoms with E-state index in [4.69, 9.17) is 5.73 Å². The van der Waals surface area contributed by atoms with Crippen LogP contribution in [0, 0.1) is 0 Å². The van der Waals surface area contributed by atoms with E-state index < -0.39 is 0 Å². The van der Waals surface area contributed by atoms with E-state index in [1.807, 2.05) is 17.0 Å². The maximum Gasteiger partial charge on any atom is 0.222 e. The van der Waals surface area contributed by atoms with Gasteiger partial charge in [-0.3, -0.25) is 9.79 Å². The lowest BCUT2D eigenvalue weighted by Gasteiger charge is -2.14. The highest BCUT2D eigenvalue weighted by Gasteiger charge is 2.18. The van der Waals surface area contributed by atoms with Gasteiger partial charge in [0.15, 0.2) is 5.96 Å². The number of carbonyl (C=O) groups excluding carboxylic acids is 1. The Morgan fingerprint density at radius 1 is 1.48 bits per heavy atom. The van der Waals surface area contributed by atoms with Gasteiger partial charge < -0.3 is 16.0 Å². The Labute approximate surface area is 126 Å². The van der Waals surface area contributed by atoms with Crippen LogP contribution in [0.15, 0.2) is 29.3 Å². The Morgan fingerprint density at radius 2 is 2.33 bits per heavy atom. The van der Waals surface area contributed by atoms with Crippen molar-refractivity contribution in [3.05, 3.63) is 29.8 Å². The molecule has 1 fully saturated rings. The molecule has 0 radical (unpaired) electrons. The molecule has 3 N–H and O–H groups in total. The summed E-state index contributed by atoms with van der Waals surface area (Å²) in [5, 5.41) is 3.10. The summed E-state index contributed by atoms with van der Waals surface area (Å²) in [5.41, 5.74) is 8.10. The highest BCUT2D eigenvalue weighted by molar-refractivity contribution is 5.92. The van der Waals surface area contributed by atoms with Crippen LogP contribution in [0.1, 0.15) is 31.7 Å². The third-order valence-electron chi connectivity index (χ3n) is 3.65. The summed E-state index contributed by atoms with van der Waals surface area (Å²) in [6, 6.07) is 8.15. The molecule has 1 aromatic carbocycles. The number of nitrogens with two attached hydrogens (primary N) is 1. The van der Waals surface area contributed by atoms with Crippen LogP contribution in [0.3, 0.4) is 0 Å². The Morgan fingerprint density at radius 3 is 3.05 bits per heavy atom. The summed E-state index contributed by atoms with van der Waals surface area (Å²) in [6.07, 6.45) is 3.53. The molecule has 1 aromatic rings. The van der Waals surface area contributed by atoms with Crippen LogP contribution in [-0.2, 0) is 11.2 Å². The Hall–Kier alpha value is -2.04.